The normalized spacial score (nSPS) is 22.8. The van der Waals surface area contributed by atoms with E-state index in [1.807, 2.05) is 13.8 Å². The van der Waals surface area contributed by atoms with Crippen LogP contribution in [0, 0.1) is 0 Å². The summed E-state index contributed by atoms with van der Waals surface area (Å²) in [5.41, 5.74) is 0.157. The summed E-state index contributed by atoms with van der Waals surface area (Å²) in [6.07, 6.45) is 2.85. The van der Waals surface area contributed by atoms with Crippen molar-refractivity contribution in [3.8, 4) is 0 Å². The van der Waals surface area contributed by atoms with Crippen molar-refractivity contribution in [2.24, 2.45) is 0 Å². The third kappa shape index (κ3) is 2.97. The molecule has 1 amide bonds. The molecule has 0 aliphatic carbocycles. The van der Waals surface area contributed by atoms with Gasteiger partial charge in [0.05, 0.1) is 35.5 Å². The van der Waals surface area contributed by atoms with Gasteiger partial charge >= 0.3 is 0 Å². The maximum absolute atomic E-state index is 12.3. The SMILES string of the molecule is CC1(C)CN(C(=O)c2ccnnc2)CC(CCl)O1. The van der Waals surface area contributed by atoms with Crippen molar-refractivity contribution >= 4 is 17.5 Å². The van der Waals surface area contributed by atoms with Gasteiger partial charge < -0.3 is 9.64 Å². The molecular formula is C12H16ClN3O2. The second-order valence-corrected chi connectivity index (χ2v) is 5.28. The molecule has 1 unspecified atom stereocenters. The van der Waals surface area contributed by atoms with Gasteiger partial charge in [0.1, 0.15) is 0 Å². The van der Waals surface area contributed by atoms with Crippen LogP contribution in [0.4, 0.5) is 0 Å². The number of amides is 1. The maximum Gasteiger partial charge on any atom is 0.255 e. The number of hydrogen-bond acceptors (Lipinski definition) is 4. The van der Waals surface area contributed by atoms with E-state index in [1.165, 1.54) is 12.4 Å². The van der Waals surface area contributed by atoms with Crippen molar-refractivity contribution in [1.82, 2.24) is 15.1 Å². The van der Waals surface area contributed by atoms with Gasteiger partial charge in [-0.1, -0.05) is 0 Å². The number of ether oxygens (including phenoxy) is 1. The van der Waals surface area contributed by atoms with E-state index < -0.39 is 0 Å². The minimum atomic E-state index is -0.381. The highest BCUT2D eigenvalue weighted by Gasteiger charge is 2.35. The van der Waals surface area contributed by atoms with Gasteiger partial charge in [-0.2, -0.15) is 10.2 Å². The Morgan fingerprint density at radius 2 is 2.39 bits per heavy atom. The Balaban J connectivity index is 2.15. The largest absolute Gasteiger partial charge is 0.367 e. The lowest BCUT2D eigenvalue weighted by Crippen LogP contribution is -2.55. The number of morpholine rings is 1. The lowest BCUT2D eigenvalue weighted by atomic mass is 10.0. The van der Waals surface area contributed by atoms with Crippen LogP contribution >= 0.6 is 11.6 Å². The first kappa shape index (κ1) is 13.2. The molecule has 1 fully saturated rings. The first-order valence-corrected chi connectivity index (χ1v) is 6.35. The van der Waals surface area contributed by atoms with Crippen LogP contribution in [0.1, 0.15) is 24.2 Å². The smallest absolute Gasteiger partial charge is 0.255 e. The maximum atomic E-state index is 12.3. The van der Waals surface area contributed by atoms with Crippen molar-refractivity contribution < 1.29 is 9.53 Å². The first-order valence-electron chi connectivity index (χ1n) is 5.81. The summed E-state index contributed by atoms with van der Waals surface area (Å²) in [4.78, 5) is 14.1. The highest BCUT2D eigenvalue weighted by molar-refractivity contribution is 6.18. The molecule has 18 heavy (non-hydrogen) atoms. The molecule has 1 atom stereocenters. The number of aromatic nitrogens is 2. The summed E-state index contributed by atoms with van der Waals surface area (Å²) in [7, 11) is 0. The quantitative estimate of drug-likeness (QED) is 0.760. The van der Waals surface area contributed by atoms with Gasteiger partial charge in [0.15, 0.2) is 0 Å². The molecule has 1 aliphatic rings. The van der Waals surface area contributed by atoms with E-state index >= 15 is 0 Å². The average Bonchev–Trinajstić information content (AvgIpc) is 2.37. The van der Waals surface area contributed by atoms with E-state index in [2.05, 4.69) is 10.2 Å². The fraction of sp³-hybridized carbons (Fsp3) is 0.583. The zero-order valence-corrected chi connectivity index (χ0v) is 11.2. The molecule has 98 valence electrons. The summed E-state index contributed by atoms with van der Waals surface area (Å²) in [6, 6.07) is 1.66. The number of rotatable bonds is 2. The van der Waals surface area contributed by atoms with Crippen molar-refractivity contribution in [3.05, 3.63) is 24.0 Å². The molecule has 0 radical (unpaired) electrons. The molecule has 0 N–H and O–H groups in total. The molecule has 0 saturated carbocycles. The third-order valence-corrected chi connectivity index (χ3v) is 3.12. The van der Waals surface area contributed by atoms with E-state index in [1.54, 1.807) is 11.0 Å². The highest BCUT2D eigenvalue weighted by Crippen LogP contribution is 2.22. The summed E-state index contributed by atoms with van der Waals surface area (Å²) >= 11 is 5.84. The van der Waals surface area contributed by atoms with Crippen LogP contribution in [0.3, 0.4) is 0 Å². The standard InChI is InChI=1S/C12H16ClN3O2/c1-12(2)8-16(7-10(5-13)18-12)11(17)9-3-4-14-15-6-9/h3-4,6,10H,5,7-8H2,1-2H3. The van der Waals surface area contributed by atoms with Gasteiger partial charge in [0, 0.05) is 13.1 Å². The van der Waals surface area contributed by atoms with Gasteiger partial charge in [-0.05, 0) is 19.9 Å². The molecule has 2 heterocycles. The van der Waals surface area contributed by atoms with Crippen LogP contribution in [-0.2, 0) is 4.74 Å². The van der Waals surface area contributed by atoms with Crippen molar-refractivity contribution in [3.63, 3.8) is 0 Å². The van der Waals surface area contributed by atoms with Gasteiger partial charge in [0.2, 0.25) is 0 Å². The van der Waals surface area contributed by atoms with E-state index in [0.717, 1.165) is 0 Å². The molecule has 1 aliphatic heterocycles. The average molecular weight is 270 g/mol. The molecule has 0 bridgehead atoms. The second-order valence-electron chi connectivity index (χ2n) is 4.97. The highest BCUT2D eigenvalue weighted by atomic mass is 35.5. The topological polar surface area (TPSA) is 55.3 Å². The van der Waals surface area contributed by atoms with Crippen LogP contribution in [0.25, 0.3) is 0 Å². The number of hydrogen-bond donors (Lipinski definition) is 0. The van der Waals surface area contributed by atoms with E-state index in [0.29, 0.717) is 24.5 Å². The van der Waals surface area contributed by atoms with Crippen LogP contribution < -0.4 is 0 Å². The second kappa shape index (κ2) is 5.20. The van der Waals surface area contributed by atoms with Crippen molar-refractivity contribution in [1.29, 1.82) is 0 Å². The van der Waals surface area contributed by atoms with Gasteiger partial charge in [0.25, 0.3) is 5.91 Å². The Bertz CT molecular complexity index is 425. The Kier molecular flexibility index (Phi) is 3.82. The number of alkyl halides is 1. The Morgan fingerprint density at radius 1 is 1.61 bits per heavy atom. The molecule has 2 rings (SSSR count). The van der Waals surface area contributed by atoms with Crippen LogP contribution in [-0.4, -0.2) is 51.7 Å². The van der Waals surface area contributed by atoms with Gasteiger partial charge in [-0.25, -0.2) is 0 Å². The fourth-order valence-electron chi connectivity index (χ4n) is 2.13. The summed E-state index contributed by atoms with van der Waals surface area (Å²) in [6.45, 7) is 4.96. The summed E-state index contributed by atoms with van der Waals surface area (Å²) in [5, 5.41) is 7.39. The zero-order chi connectivity index (χ0) is 13.2. The lowest BCUT2D eigenvalue weighted by Gasteiger charge is -2.42. The minimum absolute atomic E-state index is 0.0589. The molecule has 1 aromatic rings. The van der Waals surface area contributed by atoms with E-state index in [9.17, 15) is 4.79 Å². The molecule has 1 saturated heterocycles. The molecule has 1 aromatic heterocycles. The minimum Gasteiger partial charge on any atom is -0.367 e. The Labute approximate surface area is 111 Å². The number of carbonyl (C=O) groups is 1. The van der Waals surface area contributed by atoms with Gasteiger partial charge in [-0.15, -0.1) is 11.6 Å². The van der Waals surface area contributed by atoms with Crippen molar-refractivity contribution in [2.75, 3.05) is 19.0 Å². The van der Waals surface area contributed by atoms with Crippen LogP contribution in [0.15, 0.2) is 18.5 Å². The molecule has 0 spiro atoms. The van der Waals surface area contributed by atoms with Gasteiger partial charge in [-0.3, -0.25) is 4.79 Å². The summed E-state index contributed by atoms with van der Waals surface area (Å²) in [5.74, 6) is 0.318. The number of halogens is 1. The Morgan fingerprint density at radius 3 is 3.00 bits per heavy atom. The number of carbonyl (C=O) groups excluding carboxylic acids is 1. The first-order chi connectivity index (χ1) is 8.52. The van der Waals surface area contributed by atoms with Crippen molar-refractivity contribution in [2.45, 2.75) is 25.6 Å². The number of nitrogens with zero attached hydrogens (tertiary/aromatic N) is 3. The molecule has 0 aromatic carbocycles. The predicted octanol–water partition coefficient (Wildman–Crippen LogP) is 1.33. The Hall–Kier alpha value is -1.20. The molecule has 6 heteroatoms. The monoisotopic (exact) mass is 269 g/mol. The zero-order valence-electron chi connectivity index (χ0n) is 10.5. The third-order valence-electron chi connectivity index (χ3n) is 2.77. The predicted molar refractivity (Wildman–Crippen MR) is 67.6 cm³/mol. The van der Waals surface area contributed by atoms with E-state index in [4.69, 9.17) is 16.3 Å². The lowest BCUT2D eigenvalue weighted by molar-refractivity contribution is -0.117. The van der Waals surface area contributed by atoms with Crippen LogP contribution in [0.2, 0.25) is 0 Å². The van der Waals surface area contributed by atoms with Crippen LogP contribution in [0.5, 0.6) is 0 Å². The summed E-state index contributed by atoms with van der Waals surface area (Å²) < 4.78 is 5.79. The fourth-order valence-corrected chi connectivity index (χ4v) is 2.29. The van der Waals surface area contributed by atoms with E-state index in [-0.39, 0.29) is 17.6 Å². The molecular weight excluding hydrogens is 254 g/mol. The molecule has 5 nitrogen and oxygen atoms in total.